The van der Waals surface area contributed by atoms with Gasteiger partial charge >= 0.3 is 0 Å². The molecule has 17 heavy (non-hydrogen) atoms. The highest BCUT2D eigenvalue weighted by Crippen LogP contribution is 2.21. The summed E-state index contributed by atoms with van der Waals surface area (Å²) in [5, 5.41) is 5.78. The third-order valence-corrected chi connectivity index (χ3v) is 2.17. The Bertz CT molecular complexity index is 369. The molecule has 0 fully saturated rings. The van der Waals surface area contributed by atoms with E-state index in [-0.39, 0.29) is 11.9 Å². The van der Waals surface area contributed by atoms with Crippen LogP contribution in [0.4, 0.5) is 5.82 Å². The van der Waals surface area contributed by atoms with Gasteiger partial charge in [-0.1, -0.05) is 0 Å². The molecule has 0 saturated carbocycles. The summed E-state index contributed by atoms with van der Waals surface area (Å²) >= 11 is 0. The Morgan fingerprint density at radius 1 is 1.53 bits per heavy atom. The minimum Gasteiger partial charge on any atom is -0.490 e. The molecule has 0 aliphatic heterocycles. The van der Waals surface area contributed by atoms with Gasteiger partial charge in [-0.25, -0.2) is 4.98 Å². The number of carbonyl (C=O) groups is 1. The number of carbonyl (C=O) groups excluding carboxylic acids is 1. The molecule has 2 N–H and O–H groups in total. The van der Waals surface area contributed by atoms with Crippen LogP contribution in [0.1, 0.15) is 20.8 Å². The summed E-state index contributed by atoms with van der Waals surface area (Å²) in [5.41, 5.74) is 0. The number of aromatic nitrogens is 1. The summed E-state index contributed by atoms with van der Waals surface area (Å²) in [5.74, 6) is 1.19. The van der Waals surface area contributed by atoms with Gasteiger partial charge in [-0.15, -0.1) is 0 Å². The quantitative estimate of drug-likeness (QED) is 0.785. The predicted molar refractivity (Wildman–Crippen MR) is 67.2 cm³/mol. The third kappa shape index (κ3) is 3.94. The van der Waals surface area contributed by atoms with Crippen molar-refractivity contribution in [1.29, 1.82) is 0 Å². The molecule has 94 valence electrons. The van der Waals surface area contributed by atoms with E-state index in [1.165, 1.54) is 0 Å². The fraction of sp³-hybridized carbons (Fsp3) is 0.500. The second-order valence-electron chi connectivity index (χ2n) is 3.54. The number of anilines is 1. The fourth-order valence-electron chi connectivity index (χ4n) is 1.37. The smallest absolute Gasteiger partial charge is 0.242 e. The lowest BCUT2D eigenvalue weighted by Crippen LogP contribution is -2.37. The van der Waals surface area contributed by atoms with E-state index in [0.717, 1.165) is 0 Å². The molecule has 5 heteroatoms. The Morgan fingerprint density at radius 2 is 2.29 bits per heavy atom. The van der Waals surface area contributed by atoms with Crippen molar-refractivity contribution >= 4 is 11.7 Å². The molecular weight excluding hydrogens is 218 g/mol. The number of nitrogens with one attached hydrogen (secondary N) is 2. The Labute approximate surface area is 102 Å². The SMILES string of the molecule is CCNC(=O)C(C)Nc1ncccc1OCC. The van der Waals surface area contributed by atoms with Gasteiger partial charge in [0.15, 0.2) is 11.6 Å². The standard InChI is InChI=1S/C12H19N3O2/c1-4-13-12(16)9(3)15-11-10(17-5-2)7-6-8-14-11/h6-9H,4-5H2,1-3H3,(H,13,16)(H,14,15). The van der Waals surface area contributed by atoms with Gasteiger partial charge in [-0.05, 0) is 32.9 Å². The van der Waals surface area contributed by atoms with Crippen molar-refractivity contribution in [3.8, 4) is 5.75 Å². The highest BCUT2D eigenvalue weighted by Gasteiger charge is 2.14. The highest BCUT2D eigenvalue weighted by molar-refractivity contribution is 5.84. The highest BCUT2D eigenvalue weighted by atomic mass is 16.5. The molecule has 0 spiro atoms. The van der Waals surface area contributed by atoms with Crippen molar-refractivity contribution in [3.63, 3.8) is 0 Å². The number of amides is 1. The fourth-order valence-corrected chi connectivity index (χ4v) is 1.37. The third-order valence-electron chi connectivity index (χ3n) is 2.17. The molecular formula is C12H19N3O2. The van der Waals surface area contributed by atoms with E-state index in [9.17, 15) is 4.79 Å². The molecule has 1 unspecified atom stereocenters. The molecule has 1 aromatic heterocycles. The van der Waals surface area contributed by atoms with Gasteiger partial charge < -0.3 is 15.4 Å². The number of nitrogens with zero attached hydrogens (tertiary/aromatic N) is 1. The molecule has 0 radical (unpaired) electrons. The monoisotopic (exact) mass is 237 g/mol. The van der Waals surface area contributed by atoms with Crippen LogP contribution in [0, 0.1) is 0 Å². The van der Waals surface area contributed by atoms with E-state index >= 15 is 0 Å². The van der Waals surface area contributed by atoms with E-state index < -0.39 is 0 Å². The molecule has 0 aromatic carbocycles. The lowest BCUT2D eigenvalue weighted by atomic mass is 10.3. The van der Waals surface area contributed by atoms with Crippen molar-refractivity contribution in [3.05, 3.63) is 18.3 Å². The molecule has 1 amide bonds. The number of hydrogen-bond donors (Lipinski definition) is 2. The molecule has 0 saturated heterocycles. The van der Waals surface area contributed by atoms with Gasteiger partial charge in [0, 0.05) is 12.7 Å². The van der Waals surface area contributed by atoms with Crippen LogP contribution >= 0.6 is 0 Å². The van der Waals surface area contributed by atoms with Crippen LogP contribution < -0.4 is 15.4 Å². The van der Waals surface area contributed by atoms with E-state index in [2.05, 4.69) is 15.6 Å². The second kappa shape index (κ2) is 6.73. The number of pyridine rings is 1. The topological polar surface area (TPSA) is 63.2 Å². The van der Waals surface area contributed by atoms with Crippen molar-refractivity contribution in [2.24, 2.45) is 0 Å². The summed E-state index contributed by atoms with van der Waals surface area (Å²) in [4.78, 5) is 15.7. The lowest BCUT2D eigenvalue weighted by Gasteiger charge is -2.16. The van der Waals surface area contributed by atoms with E-state index in [1.54, 1.807) is 19.2 Å². The summed E-state index contributed by atoms with van der Waals surface area (Å²) in [6, 6.07) is 3.28. The Kier molecular flexibility index (Phi) is 5.26. The van der Waals surface area contributed by atoms with Crippen molar-refractivity contribution in [1.82, 2.24) is 10.3 Å². The predicted octanol–water partition coefficient (Wildman–Crippen LogP) is 1.42. The molecule has 1 atom stereocenters. The van der Waals surface area contributed by atoms with Crippen LogP contribution in [0.5, 0.6) is 5.75 Å². The maximum atomic E-state index is 11.6. The number of likely N-dealkylation sites (N-methyl/N-ethyl adjacent to an activating group) is 1. The summed E-state index contributed by atoms with van der Waals surface area (Å²) in [7, 11) is 0. The molecule has 5 nitrogen and oxygen atoms in total. The van der Waals surface area contributed by atoms with Crippen LogP contribution in [0.25, 0.3) is 0 Å². The van der Waals surface area contributed by atoms with Gasteiger partial charge in [-0.3, -0.25) is 4.79 Å². The molecule has 0 bridgehead atoms. The Morgan fingerprint density at radius 3 is 2.94 bits per heavy atom. The number of ether oxygens (including phenoxy) is 1. The first-order valence-electron chi connectivity index (χ1n) is 5.81. The lowest BCUT2D eigenvalue weighted by molar-refractivity contribution is -0.121. The molecule has 1 heterocycles. The second-order valence-corrected chi connectivity index (χ2v) is 3.54. The van der Waals surface area contributed by atoms with Crippen molar-refractivity contribution in [2.75, 3.05) is 18.5 Å². The molecule has 1 aromatic rings. The first-order valence-corrected chi connectivity index (χ1v) is 5.81. The van der Waals surface area contributed by atoms with Crippen LogP contribution in [-0.2, 0) is 4.79 Å². The van der Waals surface area contributed by atoms with Gasteiger partial charge in [0.2, 0.25) is 5.91 Å². The first-order chi connectivity index (χ1) is 8.19. The minimum absolute atomic E-state index is 0.0550. The average Bonchev–Trinajstić information content (AvgIpc) is 2.32. The summed E-state index contributed by atoms with van der Waals surface area (Å²) < 4.78 is 5.42. The minimum atomic E-state index is -0.343. The van der Waals surface area contributed by atoms with Crippen LogP contribution in [0.3, 0.4) is 0 Å². The average molecular weight is 237 g/mol. The van der Waals surface area contributed by atoms with Crippen LogP contribution in [0.2, 0.25) is 0 Å². The Hall–Kier alpha value is -1.78. The summed E-state index contributed by atoms with van der Waals surface area (Å²) in [6.45, 7) is 6.76. The molecule has 0 aliphatic carbocycles. The zero-order chi connectivity index (χ0) is 12.7. The van der Waals surface area contributed by atoms with Gasteiger partial charge in [0.1, 0.15) is 6.04 Å². The van der Waals surface area contributed by atoms with E-state index in [0.29, 0.717) is 24.7 Å². The Balaban J connectivity index is 2.70. The van der Waals surface area contributed by atoms with Gasteiger partial charge in [-0.2, -0.15) is 0 Å². The number of rotatable bonds is 6. The summed E-state index contributed by atoms with van der Waals surface area (Å²) in [6.07, 6.45) is 1.66. The van der Waals surface area contributed by atoms with Crippen LogP contribution in [0.15, 0.2) is 18.3 Å². The molecule has 0 aliphatic rings. The maximum Gasteiger partial charge on any atom is 0.242 e. The largest absolute Gasteiger partial charge is 0.490 e. The molecule has 1 rings (SSSR count). The van der Waals surface area contributed by atoms with Gasteiger partial charge in [0.25, 0.3) is 0 Å². The van der Waals surface area contributed by atoms with Gasteiger partial charge in [0.05, 0.1) is 6.61 Å². The van der Waals surface area contributed by atoms with E-state index in [1.807, 2.05) is 19.9 Å². The zero-order valence-corrected chi connectivity index (χ0v) is 10.5. The van der Waals surface area contributed by atoms with Crippen molar-refractivity contribution in [2.45, 2.75) is 26.8 Å². The maximum absolute atomic E-state index is 11.6. The van der Waals surface area contributed by atoms with E-state index in [4.69, 9.17) is 4.74 Å². The van der Waals surface area contributed by atoms with Crippen LogP contribution in [-0.4, -0.2) is 30.1 Å². The zero-order valence-electron chi connectivity index (χ0n) is 10.5. The number of hydrogen-bond acceptors (Lipinski definition) is 4. The normalized spacial score (nSPS) is 11.7. The van der Waals surface area contributed by atoms with Crippen molar-refractivity contribution < 1.29 is 9.53 Å². The first kappa shape index (κ1) is 13.3.